The smallest absolute Gasteiger partial charge is 0.335 e. The molecule has 0 radical (unpaired) electrons. The van der Waals surface area contributed by atoms with Gasteiger partial charge < -0.3 is 24.5 Å². The number of anilines is 1. The minimum atomic E-state index is -2.25. The van der Waals surface area contributed by atoms with Crippen LogP contribution in [0, 0.1) is 5.41 Å². The molecule has 0 atom stereocenters. The average Bonchev–Trinajstić information content (AvgIpc) is 3.05. The first kappa shape index (κ1) is 21.1. The fourth-order valence-corrected chi connectivity index (χ4v) is 2.64. The summed E-state index contributed by atoms with van der Waals surface area (Å²) >= 11 is 0. The van der Waals surface area contributed by atoms with Gasteiger partial charge in [-0.15, -0.1) is 0 Å². The highest BCUT2D eigenvalue weighted by Gasteiger charge is 2.57. The maximum atomic E-state index is 12.7. The third-order valence-corrected chi connectivity index (χ3v) is 3.98. The maximum absolute atomic E-state index is 12.7. The van der Waals surface area contributed by atoms with Gasteiger partial charge in [0.15, 0.2) is 5.65 Å². The second kappa shape index (κ2) is 9.11. The summed E-state index contributed by atoms with van der Waals surface area (Å²) in [7, 11) is 0. The number of nitrogens with two attached hydrogens (primary N) is 1. The molecule has 0 spiro atoms. The first-order valence-corrected chi connectivity index (χ1v) is 8.85. The van der Waals surface area contributed by atoms with Crippen molar-refractivity contribution >= 4 is 35.0 Å². The molecule has 2 rings (SSSR count). The standard InChI is InChI=1S/C17H23N5O6/c1-4-26-13(23)17(14(24)27-5-2,15(25)28-6-3)7-8-22-10-20-11-9-19-16(18)21-12(11)22/h9-10H,4-8H2,1-3H3,(H2,18,19,21). The molecule has 0 fully saturated rings. The highest BCUT2D eigenvalue weighted by Crippen LogP contribution is 2.30. The topological polar surface area (TPSA) is 149 Å². The van der Waals surface area contributed by atoms with E-state index < -0.39 is 23.3 Å². The molecule has 0 aliphatic carbocycles. The number of ether oxygens (including phenoxy) is 3. The van der Waals surface area contributed by atoms with E-state index in [4.69, 9.17) is 19.9 Å². The van der Waals surface area contributed by atoms with Crippen molar-refractivity contribution in [3.8, 4) is 0 Å². The first-order valence-electron chi connectivity index (χ1n) is 8.85. The van der Waals surface area contributed by atoms with Crippen LogP contribution in [0.4, 0.5) is 5.95 Å². The first-order chi connectivity index (χ1) is 13.4. The summed E-state index contributed by atoms with van der Waals surface area (Å²) in [4.78, 5) is 50.1. The summed E-state index contributed by atoms with van der Waals surface area (Å²) in [6.45, 7) is 4.70. The molecule has 11 heteroatoms. The fourth-order valence-electron chi connectivity index (χ4n) is 2.64. The number of hydrogen-bond donors (Lipinski definition) is 1. The third-order valence-electron chi connectivity index (χ3n) is 3.98. The van der Waals surface area contributed by atoms with Crippen molar-refractivity contribution in [1.82, 2.24) is 19.5 Å². The van der Waals surface area contributed by atoms with Gasteiger partial charge in [-0.3, -0.25) is 14.4 Å². The van der Waals surface area contributed by atoms with Gasteiger partial charge in [0.2, 0.25) is 5.95 Å². The number of nitrogen functional groups attached to an aromatic ring is 1. The van der Waals surface area contributed by atoms with E-state index in [2.05, 4.69) is 15.0 Å². The van der Waals surface area contributed by atoms with Crippen LogP contribution in [0.3, 0.4) is 0 Å². The number of aromatic nitrogens is 4. The maximum Gasteiger partial charge on any atom is 0.335 e. The zero-order valence-electron chi connectivity index (χ0n) is 16.0. The number of aryl methyl sites for hydroxylation is 1. The molecule has 11 nitrogen and oxygen atoms in total. The van der Waals surface area contributed by atoms with Crippen LogP contribution in [0.1, 0.15) is 27.2 Å². The SMILES string of the molecule is CCOC(=O)C(CCn1cnc2cnc(N)nc21)(C(=O)OCC)C(=O)OCC. The lowest BCUT2D eigenvalue weighted by atomic mass is 9.84. The minimum Gasteiger partial charge on any atom is -0.465 e. The molecule has 0 aliphatic rings. The minimum absolute atomic E-state index is 0.0167. The van der Waals surface area contributed by atoms with E-state index in [1.54, 1.807) is 25.3 Å². The Morgan fingerprint density at radius 2 is 1.54 bits per heavy atom. The molecule has 0 saturated heterocycles. The number of hydrogen-bond acceptors (Lipinski definition) is 10. The van der Waals surface area contributed by atoms with Crippen molar-refractivity contribution in [3.05, 3.63) is 12.5 Å². The number of fused-ring (bicyclic) bond motifs is 1. The van der Waals surface area contributed by atoms with Gasteiger partial charge in [0, 0.05) is 13.0 Å². The van der Waals surface area contributed by atoms with Crippen molar-refractivity contribution in [3.63, 3.8) is 0 Å². The van der Waals surface area contributed by atoms with Gasteiger partial charge in [0.25, 0.3) is 5.41 Å². The monoisotopic (exact) mass is 393 g/mol. The molecule has 2 aromatic heterocycles. The quantitative estimate of drug-likeness (QED) is 0.362. The van der Waals surface area contributed by atoms with Crippen LogP contribution in [-0.4, -0.2) is 57.2 Å². The highest BCUT2D eigenvalue weighted by atomic mass is 16.6. The zero-order valence-corrected chi connectivity index (χ0v) is 16.0. The van der Waals surface area contributed by atoms with Gasteiger partial charge in [-0.05, 0) is 20.8 Å². The Kier molecular flexibility index (Phi) is 6.85. The molecule has 2 heterocycles. The fraction of sp³-hybridized carbons (Fsp3) is 0.529. The van der Waals surface area contributed by atoms with E-state index in [0.717, 1.165) is 0 Å². The van der Waals surface area contributed by atoms with Crippen molar-refractivity contribution in [2.24, 2.45) is 5.41 Å². The van der Waals surface area contributed by atoms with Crippen molar-refractivity contribution in [1.29, 1.82) is 0 Å². The van der Waals surface area contributed by atoms with Crippen molar-refractivity contribution in [2.75, 3.05) is 25.6 Å². The van der Waals surface area contributed by atoms with Crippen LogP contribution < -0.4 is 5.73 Å². The lowest BCUT2D eigenvalue weighted by Crippen LogP contribution is -2.50. The van der Waals surface area contributed by atoms with Gasteiger partial charge in [0.05, 0.1) is 32.3 Å². The Balaban J connectivity index is 2.43. The van der Waals surface area contributed by atoms with E-state index in [9.17, 15) is 14.4 Å². The molecule has 0 unspecified atom stereocenters. The second-order valence-corrected chi connectivity index (χ2v) is 5.69. The molecule has 0 aromatic carbocycles. The van der Waals surface area contributed by atoms with Gasteiger partial charge in [0.1, 0.15) is 5.52 Å². The predicted molar refractivity (Wildman–Crippen MR) is 96.7 cm³/mol. The molecular weight excluding hydrogens is 370 g/mol. The number of esters is 3. The number of nitrogens with zero attached hydrogens (tertiary/aromatic N) is 4. The summed E-state index contributed by atoms with van der Waals surface area (Å²) in [6.07, 6.45) is 2.63. The van der Waals surface area contributed by atoms with Crippen LogP contribution in [0.2, 0.25) is 0 Å². The summed E-state index contributed by atoms with van der Waals surface area (Å²) in [5, 5.41) is 0. The molecule has 0 bridgehead atoms. The molecule has 2 N–H and O–H groups in total. The normalized spacial score (nSPS) is 11.2. The van der Waals surface area contributed by atoms with E-state index in [0.29, 0.717) is 11.2 Å². The Morgan fingerprint density at radius 1 is 1.00 bits per heavy atom. The van der Waals surface area contributed by atoms with Gasteiger partial charge in [-0.25, -0.2) is 9.97 Å². The van der Waals surface area contributed by atoms with Gasteiger partial charge >= 0.3 is 17.9 Å². The molecular formula is C17H23N5O6. The Labute approximate surface area is 161 Å². The van der Waals surface area contributed by atoms with Crippen LogP contribution in [0.25, 0.3) is 11.2 Å². The Morgan fingerprint density at radius 3 is 2.04 bits per heavy atom. The number of carbonyl (C=O) groups is 3. The van der Waals surface area contributed by atoms with Crippen molar-refractivity contribution in [2.45, 2.75) is 33.7 Å². The zero-order chi connectivity index (χ0) is 20.7. The van der Waals surface area contributed by atoms with Crippen LogP contribution in [0.15, 0.2) is 12.5 Å². The molecule has 0 aliphatic heterocycles. The second-order valence-electron chi connectivity index (χ2n) is 5.69. The average molecular weight is 393 g/mol. The number of imidazole rings is 1. The molecule has 0 saturated carbocycles. The lowest BCUT2D eigenvalue weighted by molar-refractivity contribution is -0.184. The van der Waals surface area contributed by atoms with Crippen LogP contribution in [0.5, 0.6) is 0 Å². The molecule has 28 heavy (non-hydrogen) atoms. The van der Waals surface area contributed by atoms with Gasteiger partial charge in [-0.1, -0.05) is 0 Å². The Hall–Kier alpha value is -3.24. The van der Waals surface area contributed by atoms with Gasteiger partial charge in [-0.2, -0.15) is 4.98 Å². The third kappa shape index (κ3) is 4.02. The predicted octanol–water partition coefficient (Wildman–Crippen LogP) is 0.474. The number of carbonyl (C=O) groups excluding carboxylic acids is 3. The molecule has 0 amide bonds. The van der Waals surface area contributed by atoms with E-state index in [1.165, 1.54) is 12.5 Å². The Bertz CT molecular complexity index is 819. The van der Waals surface area contributed by atoms with Crippen LogP contribution >= 0.6 is 0 Å². The summed E-state index contributed by atoms with van der Waals surface area (Å²) in [5.74, 6) is -3.02. The molecule has 152 valence electrons. The van der Waals surface area contributed by atoms with E-state index in [-0.39, 0.29) is 38.7 Å². The number of rotatable bonds is 9. The summed E-state index contributed by atoms with van der Waals surface area (Å²) in [5.41, 5.74) is 4.23. The molecule has 2 aromatic rings. The summed E-state index contributed by atoms with van der Waals surface area (Å²) in [6, 6.07) is 0. The van der Waals surface area contributed by atoms with Crippen molar-refractivity contribution < 1.29 is 28.6 Å². The van der Waals surface area contributed by atoms with E-state index in [1.807, 2.05) is 0 Å². The lowest BCUT2D eigenvalue weighted by Gasteiger charge is -2.27. The summed E-state index contributed by atoms with van der Waals surface area (Å²) < 4.78 is 16.6. The largest absolute Gasteiger partial charge is 0.465 e. The van der Waals surface area contributed by atoms with Crippen LogP contribution in [-0.2, 0) is 35.1 Å². The highest BCUT2D eigenvalue weighted by molar-refractivity contribution is 6.17. The van der Waals surface area contributed by atoms with E-state index >= 15 is 0 Å².